The van der Waals surface area contributed by atoms with Crippen molar-refractivity contribution in [3.63, 3.8) is 0 Å². The predicted octanol–water partition coefficient (Wildman–Crippen LogP) is 1.91. The molecule has 0 bridgehead atoms. The Kier molecular flexibility index (Phi) is 6.96. The Balaban J connectivity index is 2.15. The third-order valence-corrected chi connectivity index (χ3v) is 4.09. The molecule has 20 heavy (non-hydrogen) atoms. The molecule has 0 aromatic heterocycles. The van der Waals surface area contributed by atoms with Gasteiger partial charge in [-0.3, -0.25) is 9.69 Å². The lowest BCUT2D eigenvalue weighted by Gasteiger charge is -2.33. The van der Waals surface area contributed by atoms with Crippen molar-refractivity contribution >= 4 is 5.91 Å². The summed E-state index contributed by atoms with van der Waals surface area (Å²) in [6.45, 7) is 13.1. The van der Waals surface area contributed by atoms with Gasteiger partial charge in [-0.25, -0.2) is 0 Å². The van der Waals surface area contributed by atoms with Crippen molar-refractivity contribution in [3.8, 4) is 0 Å². The average molecular weight is 283 g/mol. The molecule has 0 saturated carbocycles. The largest absolute Gasteiger partial charge is 0.344 e. The van der Waals surface area contributed by atoms with Crippen LogP contribution in [0.5, 0.6) is 0 Å². The molecule has 1 saturated heterocycles. The highest BCUT2D eigenvalue weighted by molar-refractivity contribution is 5.75. The van der Waals surface area contributed by atoms with Gasteiger partial charge in [-0.2, -0.15) is 0 Å². The molecule has 1 heterocycles. The molecule has 1 amide bonds. The number of hydrogen-bond donors (Lipinski definition) is 0. The van der Waals surface area contributed by atoms with Gasteiger partial charge in [-0.1, -0.05) is 20.8 Å². The summed E-state index contributed by atoms with van der Waals surface area (Å²) in [6, 6.07) is 0. The first kappa shape index (κ1) is 17.4. The van der Waals surface area contributed by atoms with Gasteiger partial charge in [0.25, 0.3) is 0 Å². The molecule has 1 aliphatic rings. The minimum absolute atomic E-state index is 0.295. The molecule has 0 N–H and O–H groups in total. The number of hydrogen-bond acceptors (Lipinski definition) is 3. The van der Waals surface area contributed by atoms with Crippen molar-refractivity contribution in [2.24, 2.45) is 5.41 Å². The minimum Gasteiger partial charge on any atom is -0.344 e. The van der Waals surface area contributed by atoms with Crippen LogP contribution < -0.4 is 0 Å². The Morgan fingerprint density at radius 1 is 1.15 bits per heavy atom. The molecular weight excluding hydrogens is 250 g/mol. The normalized spacial score (nSPS) is 18.2. The quantitative estimate of drug-likeness (QED) is 0.745. The van der Waals surface area contributed by atoms with Crippen LogP contribution >= 0.6 is 0 Å². The molecule has 0 atom stereocenters. The van der Waals surface area contributed by atoms with E-state index in [9.17, 15) is 4.79 Å². The molecule has 118 valence electrons. The van der Waals surface area contributed by atoms with E-state index in [1.807, 2.05) is 11.9 Å². The number of carbonyl (C=O) groups is 1. The number of carbonyl (C=O) groups excluding carboxylic acids is 1. The van der Waals surface area contributed by atoms with Gasteiger partial charge >= 0.3 is 0 Å². The van der Waals surface area contributed by atoms with Crippen LogP contribution in [-0.2, 0) is 4.79 Å². The lowest BCUT2D eigenvalue weighted by Crippen LogP contribution is -2.47. The average Bonchev–Trinajstić information content (AvgIpc) is 2.36. The Morgan fingerprint density at radius 2 is 1.75 bits per heavy atom. The first-order valence-corrected chi connectivity index (χ1v) is 7.93. The van der Waals surface area contributed by atoms with E-state index in [0.29, 0.717) is 17.7 Å². The highest BCUT2D eigenvalue weighted by Gasteiger charge is 2.16. The number of rotatable bonds is 6. The molecular formula is C16H33N3O. The zero-order valence-corrected chi connectivity index (χ0v) is 14.1. The van der Waals surface area contributed by atoms with Crippen molar-refractivity contribution in [1.82, 2.24) is 14.7 Å². The molecule has 4 nitrogen and oxygen atoms in total. The standard InChI is InChI=1S/C16H33N3O/c1-16(2,3)8-6-7-15(20)18(5)11-14-19-12-9-17(4)10-13-19/h6-14H2,1-5H3. The SMILES string of the molecule is CN1CCN(CCN(C)C(=O)CCCC(C)(C)C)CC1. The van der Waals surface area contributed by atoms with Crippen molar-refractivity contribution in [2.75, 3.05) is 53.4 Å². The topological polar surface area (TPSA) is 26.8 Å². The fourth-order valence-electron chi connectivity index (χ4n) is 2.45. The third-order valence-electron chi connectivity index (χ3n) is 4.09. The molecule has 0 radical (unpaired) electrons. The van der Waals surface area contributed by atoms with Crippen LogP contribution in [0.4, 0.5) is 0 Å². The van der Waals surface area contributed by atoms with Crippen LogP contribution in [0.15, 0.2) is 0 Å². The summed E-state index contributed by atoms with van der Waals surface area (Å²) in [7, 11) is 4.11. The minimum atomic E-state index is 0.295. The molecule has 1 aliphatic heterocycles. The van der Waals surface area contributed by atoms with Crippen LogP contribution in [0.2, 0.25) is 0 Å². The Labute approximate surface area is 125 Å². The van der Waals surface area contributed by atoms with Crippen LogP contribution in [0.25, 0.3) is 0 Å². The van der Waals surface area contributed by atoms with Gasteiger partial charge in [0, 0.05) is 52.7 Å². The van der Waals surface area contributed by atoms with Crippen molar-refractivity contribution < 1.29 is 4.79 Å². The molecule has 1 fully saturated rings. The van der Waals surface area contributed by atoms with E-state index in [4.69, 9.17) is 0 Å². The van der Waals surface area contributed by atoms with Gasteiger partial charge in [0.2, 0.25) is 5.91 Å². The first-order chi connectivity index (χ1) is 9.28. The van der Waals surface area contributed by atoms with Crippen LogP contribution in [0, 0.1) is 5.41 Å². The summed E-state index contributed by atoms with van der Waals surface area (Å²) in [5.74, 6) is 0.295. The molecule has 0 unspecified atom stereocenters. The van der Waals surface area contributed by atoms with Crippen LogP contribution in [-0.4, -0.2) is 74.0 Å². The number of likely N-dealkylation sites (N-methyl/N-ethyl adjacent to an activating group) is 2. The Hall–Kier alpha value is -0.610. The molecule has 0 aromatic carbocycles. The number of nitrogens with zero attached hydrogens (tertiary/aromatic N) is 3. The molecule has 0 aliphatic carbocycles. The zero-order valence-electron chi connectivity index (χ0n) is 14.1. The summed E-state index contributed by atoms with van der Waals surface area (Å²) in [5.41, 5.74) is 0.332. The summed E-state index contributed by atoms with van der Waals surface area (Å²) >= 11 is 0. The van der Waals surface area contributed by atoms with E-state index < -0.39 is 0 Å². The van der Waals surface area contributed by atoms with Gasteiger partial charge in [0.1, 0.15) is 0 Å². The van der Waals surface area contributed by atoms with E-state index >= 15 is 0 Å². The van der Waals surface area contributed by atoms with E-state index in [2.05, 4.69) is 37.6 Å². The maximum absolute atomic E-state index is 12.1. The summed E-state index contributed by atoms with van der Waals surface area (Å²) in [5, 5.41) is 0. The fraction of sp³-hybridized carbons (Fsp3) is 0.938. The Bertz CT molecular complexity index is 291. The second-order valence-corrected chi connectivity index (χ2v) is 7.37. The van der Waals surface area contributed by atoms with Gasteiger partial charge < -0.3 is 9.80 Å². The van der Waals surface area contributed by atoms with Crippen molar-refractivity contribution in [2.45, 2.75) is 40.0 Å². The van der Waals surface area contributed by atoms with Crippen molar-refractivity contribution in [1.29, 1.82) is 0 Å². The monoisotopic (exact) mass is 283 g/mol. The summed E-state index contributed by atoms with van der Waals surface area (Å²) in [4.78, 5) is 18.8. The number of amides is 1. The Morgan fingerprint density at radius 3 is 2.30 bits per heavy atom. The van der Waals surface area contributed by atoms with E-state index in [1.165, 1.54) is 0 Å². The second-order valence-electron chi connectivity index (χ2n) is 7.37. The number of piperazine rings is 1. The maximum Gasteiger partial charge on any atom is 0.222 e. The molecule has 4 heteroatoms. The maximum atomic E-state index is 12.1. The van der Waals surface area contributed by atoms with E-state index in [0.717, 1.165) is 52.1 Å². The second kappa shape index (κ2) is 7.99. The van der Waals surface area contributed by atoms with Gasteiger partial charge in [0.15, 0.2) is 0 Å². The smallest absolute Gasteiger partial charge is 0.222 e. The van der Waals surface area contributed by atoms with Crippen molar-refractivity contribution in [3.05, 3.63) is 0 Å². The lowest BCUT2D eigenvalue weighted by molar-refractivity contribution is -0.130. The fourth-order valence-corrected chi connectivity index (χ4v) is 2.45. The lowest BCUT2D eigenvalue weighted by atomic mass is 9.90. The van der Waals surface area contributed by atoms with Gasteiger partial charge in [-0.05, 0) is 25.3 Å². The van der Waals surface area contributed by atoms with E-state index in [1.54, 1.807) is 0 Å². The van der Waals surface area contributed by atoms with Crippen LogP contribution in [0.3, 0.4) is 0 Å². The van der Waals surface area contributed by atoms with Crippen LogP contribution in [0.1, 0.15) is 40.0 Å². The predicted molar refractivity (Wildman–Crippen MR) is 84.9 cm³/mol. The van der Waals surface area contributed by atoms with Gasteiger partial charge in [0.05, 0.1) is 0 Å². The van der Waals surface area contributed by atoms with Gasteiger partial charge in [-0.15, -0.1) is 0 Å². The zero-order chi connectivity index (χ0) is 15.2. The highest BCUT2D eigenvalue weighted by atomic mass is 16.2. The molecule has 0 spiro atoms. The summed E-state index contributed by atoms with van der Waals surface area (Å²) < 4.78 is 0. The highest BCUT2D eigenvalue weighted by Crippen LogP contribution is 2.21. The first-order valence-electron chi connectivity index (χ1n) is 7.93. The third kappa shape index (κ3) is 7.25. The molecule has 0 aromatic rings. The molecule has 1 rings (SSSR count). The summed E-state index contributed by atoms with van der Waals surface area (Å²) in [6.07, 6.45) is 2.81. The van der Waals surface area contributed by atoms with E-state index in [-0.39, 0.29) is 0 Å².